The summed E-state index contributed by atoms with van der Waals surface area (Å²) in [5.41, 5.74) is 16.6. The number of carboxylic acid groups (broad SMARTS) is 4. The number of H-pyrrole nitrogens is 2. The molecule has 8 aromatic rings. The number of carbonyl (C=O) groups is 4. The predicted octanol–water partition coefficient (Wildman–Crippen LogP) is -2.08. The molecule has 0 saturated carbocycles. The van der Waals surface area contributed by atoms with Crippen molar-refractivity contribution in [3.63, 3.8) is 0 Å². The normalized spacial score (nSPS) is 9.52. The molecule has 4 aromatic carbocycles. The van der Waals surface area contributed by atoms with E-state index >= 15 is 0 Å². The number of nitrogens with one attached hydrogen (secondary N) is 2. The predicted molar refractivity (Wildman–Crippen MR) is 201 cm³/mol. The van der Waals surface area contributed by atoms with Crippen LogP contribution in [0, 0.1) is 0 Å². The Hall–Kier alpha value is -7.60. The van der Waals surface area contributed by atoms with Gasteiger partial charge in [-0.2, -0.15) is 0 Å². The van der Waals surface area contributed by atoms with Crippen LogP contribution in [0.4, 0.5) is 11.4 Å². The van der Waals surface area contributed by atoms with E-state index in [0.29, 0.717) is 0 Å². The van der Waals surface area contributed by atoms with Gasteiger partial charge in [-0.1, -0.05) is 60.7 Å². The van der Waals surface area contributed by atoms with Crippen molar-refractivity contribution >= 4 is 78.9 Å². The Kier molecular flexibility index (Phi) is 18.4. The number of nitrogen functional groups attached to an aromatic ring is 2. The number of aromatic nitrogens is 4. The number of para-hydroxylation sites is 4. The average molecular weight is 830 g/mol. The Morgan fingerprint density at radius 1 is 0.379 bits per heavy atom. The molecule has 17 nitrogen and oxygen atoms in total. The molecule has 297 valence electrons. The molecule has 0 bridgehead atoms. The van der Waals surface area contributed by atoms with Crippen molar-refractivity contribution in [2.45, 2.75) is 0 Å². The minimum absolute atomic E-state index is 0. The molecule has 12 N–H and O–H groups in total. The van der Waals surface area contributed by atoms with Crippen LogP contribution in [0.25, 0.3) is 43.6 Å². The van der Waals surface area contributed by atoms with Crippen LogP contribution in [0.2, 0.25) is 0 Å². The average Bonchev–Trinajstić information content (AvgIpc) is 3.19. The first-order valence-electron chi connectivity index (χ1n) is 15.9. The third kappa shape index (κ3) is 11.7. The summed E-state index contributed by atoms with van der Waals surface area (Å²) in [6.45, 7) is 0. The van der Waals surface area contributed by atoms with Crippen LogP contribution in [0.3, 0.4) is 0 Å². The second-order valence-corrected chi connectivity index (χ2v) is 11.2. The maximum absolute atomic E-state index is 10.2. The molecule has 0 aliphatic rings. The van der Waals surface area contributed by atoms with Gasteiger partial charge in [0.2, 0.25) is 22.1 Å². The van der Waals surface area contributed by atoms with E-state index < -0.39 is 46.7 Å². The van der Waals surface area contributed by atoms with Gasteiger partial charge in [0.1, 0.15) is 0 Å². The fourth-order valence-corrected chi connectivity index (χ4v) is 5.21. The van der Waals surface area contributed by atoms with E-state index in [9.17, 15) is 39.6 Å². The van der Waals surface area contributed by atoms with Crippen molar-refractivity contribution < 1.29 is 83.1 Å². The van der Waals surface area contributed by atoms with E-state index in [-0.39, 0.29) is 33.5 Å². The van der Waals surface area contributed by atoms with Crippen molar-refractivity contribution in [3.8, 4) is 0 Å². The number of nitrogens with zero attached hydrogens (tertiary/aromatic N) is 2. The number of nitrogens with two attached hydrogens (primary N) is 2. The molecule has 0 spiro atoms. The fraction of sp³-hybridized carbons (Fsp3) is 0. The topological polar surface area (TPSA) is 361 Å². The number of fused-ring (bicyclic) bond motifs is 4. The first-order chi connectivity index (χ1) is 25.9. The van der Waals surface area contributed by atoms with E-state index in [1.807, 2.05) is 97.1 Å². The molecule has 0 amide bonds. The third-order valence-corrected chi connectivity index (χ3v) is 7.74. The first kappa shape index (κ1) is 48.4. The number of hydrogen-bond donors (Lipinski definition) is 2. The molecule has 0 aliphatic carbocycles. The second-order valence-electron chi connectivity index (χ2n) is 11.2. The van der Waals surface area contributed by atoms with Gasteiger partial charge in [-0.25, -0.2) is 19.9 Å². The summed E-state index contributed by atoms with van der Waals surface area (Å²) in [4.78, 5) is 54.0. The van der Waals surface area contributed by atoms with Gasteiger partial charge in [0.15, 0.2) is 0 Å². The molecule has 8 rings (SSSR count). The summed E-state index contributed by atoms with van der Waals surface area (Å²) >= 11 is 0. The number of pyridine rings is 4. The van der Waals surface area contributed by atoms with E-state index in [4.69, 9.17) is 11.5 Å². The minimum atomic E-state index is -1.52. The summed E-state index contributed by atoms with van der Waals surface area (Å²) < 4.78 is 0. The molecular weight excluding hydrogens is 795 g/mol. The number of anilines is 2. The zero-order valence-electron chi connectivity index (χ0n) is 29.9. The molecule has 0 atom stereocenters. The van der Waals surface area contributed by atoms with Gasteiger partial charge in [-0.05, 0) is 48.5 Å². The maximum atomic E-state index is 10.2. The Morgan fingerprint density at radius 3 is 0.793 bits per heavy atom. The zero-order valence-corrected chi connectivity index (χ0v) is 31.1. The van der Waals surface area contributed by atoms with Crippen molar-refractivity contribution in [1.82, 2.24) is 9.97 Å². The van der Waals surface area contributed by atoms with E-state index in [0.717, 1.165) is 79.3 Å². The number of carbonyl (C=O) groups excluding carboxylic acids is 4. The Balaban J connectivity index is 0.000000381. The molecule has 4 aromatic heterocycles. The number of aromatic amines is 2. The van der Waals surface area contributed by atoms with Gasteiger partial charge < -0.3 is 67.5 Å². The van der Waals surface area contributed by atoms with Gasteiger partial charge >= 0.3 is 17.1 Å². The monoisotopic (exact) mass is 829 g/mol. The first-order valence-corrected chi connectivity index (χ1v) is 15.9. The summed E-state index contributed by atoms with van der Waals surface area (Å²) in [6, 6.07) is 39.4. The van der Waals surface area contributed by atoms with E-state index in [2.05, 4.69) is 19.9 Å². The number of aromatic carboxylic acids is 4. The van der Waals surface area contributed by atoms with Crippen LogP contribution in [0.1, 0.15) is 42.0 Å². The van der Waals surface area contributed by atoms with Gasteiger partial charge in [0.25, 0.3) is 0 Å². The van der Waals surface area contributed by atoms with Crippen LogP contribution >= 0.6 is 0 Å². The van der Waals surface area contributed by atoms with Crippen molar-refractivity contribution in [1.29, 1.82) is 0 Å². The van der Waals surface area contributed by atoms with Crippen molar-refractivity contribution in [2.75, 3.05) is 11.5 Å². The smallest absolute Gasteiger partial charge is 0.543 e. The van der Waals surface area contributed by atoms with Gasteiger partial charge in [0.05, 0.1) is 79.6 Å². The summed E-state index contributed by atoms with van der Waals surface area (Å²) in [6.07, 6.45) is 0. The van der Waals surface area contributed by atoms with Crippen LogP contribution in [-0.2, 0) is 17.1 Å². The molecule has 1 radical (unpaired) electrons. The molecule has 0 unspecified atom stereocenters. The van der Waals surface area contributed by atoms with Crippen molar-refractivity contribution in [3.05, 3.63) is 156 Å². The number of carboxylic acids is 4. The fourth-order valence-electron chi connectivity index (χ4n) is 5.21. The SMILES string of the molecule is Nc1c2ccccc2[nH+]c2ccccc12.Nc1c2ccccc2[nH+]c2ccccc12.O.O.O.O=C([O-])c1cccc(C(=O)[O-])n1.O=C([O-])c1cccc(C(=O)[O-])n1.[Mn+2]. The molecule has 18 heteroatoms. The molecule has 0 fully saturated rings. The Labute approximate surface area is 338 Å². The van der Waals surface area contributed by atoms with E-state index in [1.54, 1.807) is 0 Å². The third-order valence-electron chi connectivity index (χ3n) is 7.74. The van der Waals surface area contributed by atoms with Crippen LogP contribution in [-0.4, -0.2) is 50.3 Å². The van der Waals surface area contributed by atoms with E-state index in [1.165, 1.54) is 12.1 Å². The molecular formula is C40H34MnN6O11. The van der Waals surface area contributed by atoms with Crippen molar-refractivity contribution in [2.24, 2.45) is 0 Å². The quantitative estimate of drug-likeness (QED) is 0.143. The van der Waals surface area contributed by atoms with Gasteiger partial charge in [-0.15, -0.1) is 0 Å². The summed E-state index contributed by atoms with van der Waals surface area (Å²) in [5.74, 6) is -6.06. The van der Waals surface area contributed by atoms with Gasteiger partial charge in [-0.3, -0.25) is 0 Å². The second kappa shape index (κ2) is 22.1. The number of benzene rings is 4. The minimum Gasteiger partial charge on any atom is -0.543 e. The van der Waals surface area contributed by atoms with Gasteiger partial charge in [0, 0.05) is 24.3 Å². The van der Waals surface area contributed by atoms with Crippen LogP contribution < -0.4 is 41.9 Å². The van der Waals surface area contributed by atoms with Crippen LogP contribution in [0.15, 0.2) is 133 Å². The largest absolute Gasteiger partial charge is 2.00 e. The Morgan fingerprint density at radius 2 is 0.586 bits per heavy atom. The Bertz CT molecular complexity index is 2350. The van der Waals surface area contributed by atoms with Crippen LogP contribution in [0.5, 0.6) is 0 Å². The summed E-state index contributed by atoms with van der Waals surface area (Å²) in [7, 11) is 0. The number of hydrogen-bond acceptors (Lipinski definition) is 12. The maximum Gasteiger partial charge on any atom is 2.00 e. The molecule has 4 heterocycles. The zero-order chi connectivity index (χ0) is 38.8. The molecule has 0 saturated heterocycles. The summed E-state index contributed by atoms with van der Waals surface area (Å²) in [5, 5.41) is 45.1. The number of rotatable bonds is 4. The standard InChI is InChI=1S/2C13H10N2.2C7H5NO4.Mn.3H2O/c2*14-13-9-5-1-3-7-11(9)15-12-8-4-2-6-10(12)13;2*9-6(10)4-2-1-3-5(8-4)7(11)12;;;;/h2*1-8H,(H2,14,15);2*1-3H,(H,9,10)(H,11,12);;3*1H2/q;;;;+2;;;/p-2. The molecule has 58 heavy (non-hydrogen) atoms. The molecule has 0 aliphatic heterocycles.